The fraction of sp³-hybridized carbons (Fsp3) is 0.435. The van der Waals surface area contributed by atoms with Crippen LogP contribution < -0.4 is 0 Å². The summed E-state index contributed by atoms with van der Waals surface area (Å²) in [7, 11) is 2.15. The number of piperidine rings is 1. The van der Waals surface area contributed by atoms with Crippen LogP contribution in [0.25, 0.3) is 11.1 Å². The summed E-state index contributed by atoms with van der Waals surface area (Å²) in [5.41, 5.74) is 4.04. The monoisotopic (exact) mass is 364 g/mol. The Balaban J connectivity index is 1.53. The highest BCUT2D eigenvalue weighted by Crippen LogP contribution is 2.32. The molecule has 1 spiro atoms. The summed E-state index contributed by atoms with van der Waals surface area (Å²) in [4.78, 5) is 17.6. The Kier molecular flexibility index (Phi) is 5.02. The molecule has 0 aromatic heterocycles. The molecule has 4 rings (SSSR count). The van der Waals surface area contributed by atoms with E-state index in [1.165, 1.54) is 5.56 Å². The van der Waals surface area contributed by atoms with Crippen molar-refractivity contribution < 1.29 is 9.53 Å². The number of likely N-dealkylation sites (tertiary alicyclic amines) is 1. The van der Waals surface area contributed by atoms with E-state index in [0.29, 0.717) is 0 Å². The van der Waals surface area contributed by atoms with Crippen LogP contribution >= 0.6 is 0 Å². The lowest BCUT2D eigenvalue weighted by Gasteiger charge is -2.46. The smallest absolute Gasteiger partial charge is 0.254 e. The van der Waals surface area contributed by atoms with E-state index in [4.69, 9.17) is 4.74 Å². The van der Waals surface area contributed by atoms with Crippen LogP contribution in [0, 0.1) is 6.92 Å². The Morgan fingerprint density at radius 2 is 1.81 bits per heavy atom. The van der Waals surface area contributed by atoms with Crippen molar-refractivity contribution in [1.82, 2.24) is 9.80 Å². The maximum Gasteiger partial charge on any atom is 0.254 e. The van der Waals surface area contributed by atoms with Gasteiger partial charge in [-0.05, 0) is 44.0 Å². The van der Waals surface area contributed by atoms with Crippen LogP contribution in [0.4, 0.5) is 0 Å². The summed E-state index contributed by atoms with van der Waals surface area (Å²) < 4.78 is 6.14. The Bertz CT molecular complexity index is 825. The van der Waals surface area contributed by atoms with Gasteiger partial charge in [0.25, 0.3) is 5.91 Å². The number of aryl methyl sites for hydroxylation is 1. The molecule has 0 aliphatic carbocycles. The van der Waals surface area contributed by atoms with E-state index in [2.05, 4.69) is 37.1 Å². The number of carbonyl (C=O) groups is 1. The largest absolute Gasteiger partial charge is 0.372 e. The van der Waals surface area contributed by atoms with Gasteiger partial charge in [0, 0.05) is 31.7 Å². The van der Waals surface area contributed by atoms with Crippen LogP contribution in [0.15, 0.2) is 48.5 Å². The second-order valence-electron chi connectivity index (χ2n) is 7.98. The molecule has 27 heavy (non-hydrogen) atoms. The average molecular weight is 364 g/mol. The SMILES string of the molecule is Cc1cccc(-c2ccccc2C(=O)N2CCC3(CC2)CN(C)CCO3)c1. The first-order valence-corrected chi connectivity index (χ1v) is 9.84. The molecule has 2 aromatic rings. The minimum Gasteiger partial charge on any atom is -0.372 e. The second kappa shape index (κ2) is 7.45. The van der Waals surface area contributed by atoms with Crippen molar-refractivity contribution in [3.05, 3.63) is 59.7 Å². The molecule has 4 nitrogen and oxygen atoms in total. The van der Waals surface area contributed by atoms with Crippen LogP contribution in [0.3, 0.4) is 0 Å². The lowest BCUT2D eigenvalue weighted by molar-refractivity contribution is -0.127. The van der Waals surface area contributed by atoms with Gasteiger partial charge in [0.2, 0.25) is 0 Å². The second-order valence-corrected chi connectivity index (χ2v) is 7.98. The van der Waals surface area contributed by atoms with Crippen molar-refractivity contribution in [2.24, 2.45) is 0 Å². The van der Waals surface area contributed by atoms with E-state index in [1.54, 1.807) is 0 Å². The highest BCUT2D eigenvalue weighted by Gasteiger charge is 2.40. The van der Waals surface area contributed by atoms with Gasteiger partial charge in [-0.15, -0.1) is 0 Å². The molecule has 4 heteroatoms. The Morgan fingerprint density at radius 1 is 1.04 bits per heavy atom. The van der Waals surface area contributed by atoms with Crippen molar-refractivity contribution in [2.75, 3.05) is 39.8 Å². The van der Waals surface area contributed by atoms with Crippen molar-refractivity contribution in [1.29, 1.82) is 0 Å². The number of ether oxygens (including phenoxy) is 1. The Labute approximate surface area is 161 Å². The van der Waals surface area contributed by atoms with Crippen molar-refractivity contribution in [3.8, 4) is 11.1 Å². The lowest BCUT2D eigenvalue weighted by atomic mass is 9.88. The number of hydrogen-bond donors (Lipinski definition) is 0. The van der Waals surface area contributed by atoms with E-state index < -0.39 is 0 Å². The Morgan fingerprint density at radius 3 is 2.56 bits per heavy atom. The molecule has 0 atom stereocenters. The molecular formula is C23H28N2O2. The number of rotatable bonds is 2. The fourth-order valence-corrected chi connectivity index (χ4v) is 4.36. The third-order valence-electron chi connectivity index (χ3n) is 5.89. The van der Waals surface area contributed by atoms with Gasteiger partial charge in [0.1, 0.15) is 0 Å². The molecule has 2 aliphatic heterocycles. The molecule has 0 N–H and O–H groups in total. The summed E-state index contributed by atoms with van der Waals surface area (Å²) in [6.45, 7) is 6.35. The molecule has 1 amide bonds. The van der Waals surface area contributed by atoms with Gasteiger partial charge in [0.15, 0.2) is 0 Å². The maximum atomic E-state index is 13.3. The van der Waals surface area contributed by atoms with Gasteiger partial charge < -0.3 is 14.5 Å². The van der Waals surface area contributed by atoms with Gasteiger partial charge in [0.05, 0.1) is 12.2 Å². The van der Waals surface area contributed by atoms with Crippen molar-refractivity contribution in [3.63, 3.8) is 0 Å². The van der Waals surface area contributed by atoms with Gasteiger partial charge >= 0.3 is 0 Å². The first-order chi connectivity index (χ1) is 13.1. The molecule has 2 heterocycles. The van der Waals surface area contributed by atoms with Crippen LogP contribution in [-0.2, 0) is 4.74 Å². The molecule has 2 aliphatic rings. The number of amides is 1. The highest BCUT2D eigenvalue weighted by molar-refractivity contribution is 6.01. The van der Waals surface area contributed by atoms with E-state index in [0.717, 1.165) is 62.3 Å². The highest BCUT2D eigenvalue weighted by atomic mass is 16.5. The third-order valence-corrected chi connectivity index (χ3v) is 5.89. The lowest BCUT2D eigenvalue weighted by Crippen LogP contribution is -2.56. The van der Waals surface area contributed by atoms with E-state index in [9.17, 15) is 4.79 Å². The minimum atomic E-state index is -0.0696. The molecule has 0 bridgehead atoms. The van der Waals surface area contributed by atoms with Gasteiger partial charge in [-0.25, -0.2) is 0 Å². The summed E-state index contributed by atoms with van der Waals surface area (Å²) in [5, 5.41) is 0. The molecule has 0 saturated carbocycles. The quantitative estimate of drug-likeness (QED) is 0.816. The van der Waals surface area contributed by atoms with Crippen molar-refractivity contribution in [2.45, 2.75) is 25.4 Å². The zero-order valence-electron chi connectivity index (χ0n) is 16.3. The third kappa shape index (κ3) is 3.78. The van der Waals surface area contributed by atoms with Crippen LogP contribution in [0.1, 0.15) is 28.8 Å². The average Bonchev–Trinajstić information content (AvgIpc) is 2.68. The summed E-state index contributed by atoms with van der Waals surface area (Å²) in [6, 6.07) is 16.3. The van der Waals surface area contributed by atoms with E-state index in [-0.39, 0.29) is 11.5 Å². The normalized spacial score (nSPS) is 20.0. The molecule has 2 aromatic carbocycles. The van der Waals surface area contributed by atoms with Crippen LogP contribution in [0.2, 0.25) is 0 Å². The summed E-state index contributed by atoms with van der Waals surface area (Å²) in [6.07, 6.45) is 1.82. The predicted molar refractivity (Wildman–Crippen MR) is 108 cm³/mol. The number of likely N-dealkylation sites (N-methyl/N-ethyl adjacent to an activating group) is 1. The van der Waals surface area contributed by atoms with Gasteiger partial charge in [-0.3, -0.25) is 4.79 Å². The standard InChI is InChI=1S/C23H28N2O2/c1-18-6-5-7-19(16-18)20-8-3-4-9-21(20)22(26)25-12-10-23(11-13-25)17-24(2)14-15-27-23/h3-9,16H,10-15,17H2,1-2H3. The first-order valence-electron chi connectivity index (χ1n) is 9.84. The first kappa shape index (κ1) is 18.2. The fourth-order valence-electron chi connectivity index (χ4n) is 4.36. The minimum absolute atomic E-state index is 0.0696. The zero-order chi connectivity index (χ0) is 18.9. The summed E-state index contributed by atoms with van der Waals surface area (Å²) in [5.74, 6) is 0.131. The Hall–Kier alpha value is -2.17. The molecule has 0 unspecified atom stereocenters. The molecular weight excluding hydrogens is 336 g/mol. The van der Waals surface area contributed by atoms with Crippen molar-refractivity contribution >= 4 is 5.91 Å². The van der Waals surface area contributed by atoms with Gasteiger partial charge in [-0.1, -0.05) is 48.0 Å². The molecule has 142 valence electrons. The summed E-state index contributed by atoms with van der Waals surface area (Å²) >= 11 is 0. The van der Waals surface area contributed by atoms with Gasteiger partial charge in [-0.2, -0.15) is 0 Å². The number of hydrogen-bond acceptors (Lipinski definition) is 3. The number of nitrogens with zero attached hydrogens (tertiary/aromatic N) is 2. The van der Waals surface area contributed by atoms with Crippen LogP contribution in [0.5, 0.6) is 0 Å². The predicted octanol–water partition coefficient (Wildman–Crippen LogP) is 3.60. The van der Waals surface area contributed by atoms with Crippen LogP contribution in [-0.4, -0.2) is 61.1 Å². The molecule has 2 saturated heterocycles. The number of morpholine rings is 1. The zero-order valence-corrected chi connectivity index (χ0v) is 16.3. The van der Waals surface area contributed by atoms with E-state index >= 15 is 0 Å². The molecule has 2 fully saturated rings. The number of benzene rings is 2. The van der Waals surface area contributed by atoms with E-state index in [1.807, 2.05) is 35.2 Å². The number of carbonyl (C=O) groups excluding carboxylic acids is 1. The molecule has 0 radical (unpaired) electrons. The topological polar surface area (TPSA) is 32.8 Å². The maximum absolute atomic E-state index is 13.3.